The molecule has 0 atom stereocenters. The molecule has 1 aliphatic rings. The second kappa shape index (κ2) is 8.94. The molecule has 1 aliphatic heterocycles. The maximum atomic E-state index is 13.6. The molecule has 0 bridgehead atoms. The van der Waals surface area contributed by atoms with E-state index in [1.807, 2.05) is 66.4 Å². The molecule has 3 aromatic carbocycles. The third kappa shape index (κ3) is 4.20. The minimum Gasteiger partial charge on any atom is -0.368 e. The Kier molecular flexibility index (Phi) is 5.67. The molecule has 5 rings (SSSR count). The van der Waals surface area contributed by atoms with Crippen LogP contribution in [0.5, 0.6) is 0 Å². The number of para-hydroxylation sites is 1. The molecule has 1 fully saturated rings. The van der Waals surface area contributed by atoms with Crippen molar-refractivity contribution in [3.05, 3.63) is 100 Å². The minimum atomic E-state index is -0.399. The summed E-state index contributed by atoms with van der Waals surface area (Å²) >= 11 is 0. The average molecular weight is 453 g/mol. The van der Waals surface area contributed by atoms with Crippen molar-refractivity contribution in [2.45, 2.75) is 6.92 Å². The number of hydrogen-bond donors (Lipinski definition) is 0. The smallest absolute Gasteiger partial charge is 0.269 e. The first kappa shape index (κ1) is 21.6. The Morgan fingerprint density at radius 2 is 1.59 bits per heavy atom. The predicted molar refractivity (Wildman–Crippen MR) is 133 cm³/mol. The minimum absolute atomic E-state index is 0.00434. The van der Waals surface area contributed by atoms with Gasteiger partial charge in [0.05, 0.1) is 21.7 Å². The lowest BCUT2D eigenvalue weighted by Crippen LogP contribution is -2.48. The summed E-state index contributed by atoms with van der Waals surface area (Å²) in [6.07, 6.45) is 0. The van der Waals surface area contributed by atoms with E-state index in [0.717, 1.165) is 27.8 Å². The standard InChI is InChI=1S/C27H24N4O3/c1-19-6-8-20(9-7-19)26-18-24(23-4-2-3-5-25(23)28-26)27(32)30-16-14-29(15-17-30)21-10-12-22(13-11-21)31(33)34/h2-13,18H,14-17H2,1H3. The Labute approximate surface area is 197 Å². The normalized spacial score (nSPS) is 13.8. The Morgan fingerprint density at radius 1 is 0.912 bits per heavy atom. The van der Waals surface area contributed by atoms with E-state index in [1.54, 1.807) is 12.1 Å². The molecule has 4 aromatic rings. The van der Waals surface area contributed by atoms with E-state index in [1.165, 1.54) is 17.7 Å². The second-order valence-corrected chi connectivity index (χ2v) is 8.49. The van der Waals surface area contributed by atoms with Crippen LogP contribution in [-0.4, -0.2) is 46.9 Å². The summed E-state index contributed by atoms with van der Waals surface area (Å²) in [4.78, 5) is 33.0. The van der Waals surface area contributed by atoms with Gasteiger partial charge in [0.15, 0.2) is 0 Å². The van der Waals surface area contributed by atoms with Gasteiger partial charge in [0.1, 0.15) is 0 Å². The summed E-state index contributed by atoms with van der Waals surface area (Å²) in [5.74, 6) is -0.00434. The number of nitro groups is 1. The van der Waals surface area contributed by atoms with Crippen molar-refractivity contribution in [2.24, 2.45) is 0 Å². The fourth-order valence-electron chi connectivity index (χ4n) is 4.35. The van der Waals surface area contributed by atoms with Crippen LogP contribution in [0.4, 0.5) is 11.4 Å². The molecule has 7 nitrogen and oxygen atoms in total. The van der Waals surface area contributed by atoms with Crippen LogP contribution in [0, 0.1) is 17.0 Å². The zero-order valence-electron chi connectivity index (χ0n) is 18.8. The number of carbonyl (C=O) groups excluding carboxylic acids is 1. The highest BCUT2D eigenvalue weighted by molar-refractivity contribution is 6.07. The second-order valence-electron chi connectivity index (χ2n) is 8.49. The Bertz CT molecular complexity index is 1360. The Morgan fingerprint density at radius 3 is 2.26 bits per heavy atom. The van der Waals surface area contributed by atoms with Crippen molar-refractivity contribution in [3.63, 3.8) is 0 Å². The summed E-state index contributed by atoms with van der Waals surface area (Å²) in [5.41, 5.74) is 5.39. The zero-order valence-corrected chi connectivity index (χ0v) is 18.8. The van der Waals surface area contributed by atoms with Gasteiger partial charge in [0, 0.05) is 54.9 Å². The number of fused-ring (bicyclic) bond motifs is 1. The highest BCUT2D eigenvalue weighted by Gasteiger charge is 2.25. The lowest BCUT2D eigenvalue weighted by Gasteiger charge is -2.36. The van der Waals surface area contributed by atoms with Crippen LogP contribution >= 0.6 is 0 Å². The molecule has 1 saturated heterocycles. The van der Waals surface area contributed by atoms with E-state index in [9.17, 15) is 14.9 Å². The van der Waals surface area contributed by atoms with E-state index in [-0.39, 0.29) is 11.6 Å². The Hall–Kier alpha value is -4.26. The maximum Gasteiger partial charge on any atom is 0.269 e. The van der Waals surface area contributed by atoms with E-state index in [2.05, 4.69) is 4.90 Å². The third-order valence-electron chi connectivity index (χ3n) is 6.29. The van der Waals surface area contributed by atoms with Crippen LogP contribution < -0.4 is 4.90 Å². The summed E-state index contributed by atoms with van der Waals surface area (Å²) in [7, 11) is 0. The molecule has 0 saturated carbocycles. The lowest BCUT2D eigenvalue weighted by atomic mass is 10.0. The van der Waals surface area contributed by atoms with Crippen LogP contribution in [0.2, 0.25) is 0 Å². The average Bonchev–Trinajstić information content (AvgIpc) is 2.88. The largest absolute Gasteiger partial charge is 0.368 e. The van der Waals surface area contributed by atoms with Crippen molar-refractivity contribution in [1.82, 2.24) is 9.88 Å². The number of nitro benzene ring substituents is 1. The van der Waals surface area contributed by atoms with Crippen LogP contribution in [0.15, 0.2) is 78.9 Å². The highest BCUT2D eigenvalue weighted by atomic mass is 16.6. The molecule has 0 aliphatic carbocycles. The molecule has 0 N–H and O–H groups in total. The molecule has 170 valence electrons. The first-order chi connectivity index (χ1) is 16.5. The van der Waals surface area contributed by atoms with Gasteiger partial charge in [-0.3, -0.25) is 14.9 Å². The van der Waals surface area contributed by atoms with Gasteiger partial charge in [-0.1, -0.05) is 48.0 Å². The van der Waals surface area contributed by atoms with Crippen LogP contribution in [0.1, 0.15) is 15.9 Å². The van der Waals surface area contributed by atoms with Gasteiger partial charge in [-0.25, -0.2) is 4.98 Å². The lowest BCUT2D eigenvalue weighted by molar-refractivity contribution is -0.384. The van der Waals surface area contributed by atoms with Crippen molar-refractivity contribution >= 4 is 28.2 Å². The van der Waals surface area contributed by atoms with Crippen molar-refractivity contribution < 1.29 is 9.72 Å². The van der Waals surface area contributed by atoms with Gasteiger partial charge in [0.25, 0.3) is 11.6 Å². The van der Waals surface area contributed by atoms with E-state index in [4.69, 9.17) is 4.98 Å². The van der Waals surface area contributed by atoms with Crippen molar-refractivity contribution in [2.75, 3.05) is 31.1 Å². The molecule has 34 heavy (non-hydrogen) atoms. The van der Waals surface area contributed by atoms with E-state index >= 15 is 0 Å². The Balaban J connectivity index is 1.39. The fraction of sp³-hybridized carbons (Fsp3) is 0.185. The first-order valence-corrected chi connectivity index (χ1v) is 11.2. The van der Waals surface area contributed by atoms with Crippen LogP contribution in [-0.2, 0) is 0 Å². The molecular weight excluding hydrogens is 428 g/mol. The number of rotatable bonds is 4. The SMILES string of the molecule is Cc1ccc(-c2cc(C(=O)N3CCN(c4ccc([N+](=O)[O-])cc4)CC3)c3ccccc3n2)cc1. The maximum absolute atomic E-state index is 13.6. The molecule has 0 spiro atoms. The van der Waals surface area contributed by atoms with Gasteiger partial charge in [-0.05, 0) is 31.2 Å². The van der Waals surface area contributed by atoms with Gasteiger partial charge in [-0.2, -0.15) is 0 Å². The number of piperazine rings is 1. The number of benzene rings is 3. The monoisotopic (exact) mass is 452 g/mol. The molecule has 0 radical (unpaired) electrons. The van der Waals surface area contributed by atoms with Gasteiger partial charge in [0.2, 0.25) is 0 Å². The number of nitrogens with zero attached hydrogens (tertiary/aromatic N) is 4. The predicted octanol–water partition coefficient (Wildman–Crippen LogP) is 5.08. The summed E-state index contributed by atoms with van der Waals surface area (Å²) < 4.78 is 0. The number of hydrogen-bond acceptors (Lipinski definition) is 5. The molecular formula is C27H24N4O3. The molecule has 1 aromatic heterocycles. The number of pyridine rings is 1. The summed E-state index contributed by atoms with van der Waals surface area (Å²) in [6, 6.07) is 24.4. The molecule has 0 unspecified atom stereocenters. The molecule has 2 heterocycles. The number of aryl methyl sites for hydroxylation is 1. The summed E-state index contributed by atoms with van der Waals surface area (Å²) in [5, 5.41) is 11.8. The molecule has 1 amide bonds. The summed E-state index contributed by atoms with van der Waals surface area (Å²) in [6.45, 7) is 4.52. The number of aromatic nitrogens is 1. The molecule has 7 heteroatoms. The van der Waals surface area contributed by atoms with Crippen LogP contribution in [0.25, 0.3) is 22.2 Å². The van der Waals surface area contributed by atoms with Crippen LogP contribution in [0.3, 0.4) is 0 Å². The van der Waals surface area contributed by atoms with Crippen molar-refractivity contribution in [3.8, 4) is 11.3 Å². The quantitative estimate of drug-likeness (QED) is 0.319. The van der Waals surface area contributed by atoms with Crippen molar-refractivity contribution in [1.29, 1.82) is 0 Å². The van der Waals surface area contributed by atoms with Gasteiger partial charge < -0.3 is 9.80 Å². The van der Waals surface area contributed by atoms with Gasteiger partial charge >= 0.3 is 0 Å². The fourth-order valence-corrected chi connectivity index (χ4v) is 4.35. The number of amides is 1. The number of non-ortho nitro benzene ring substituents is 1. The van der Waals surface area contributed by atoms with Gasteiger partial charge in [-0.15, -0.1) is 0 Å². The topological polar surface area (TPSA) is 79.6 Å². The number of anilines is 1. The van der Waals surface area contributed by atoms with E-state index in [0.29, 0.717) is 31.7 Å². The zero-order chi connectivity index (χ0) is 23.7. The third-order valence-corrected chi connectivity index (χ3v) is 6.29. The number of carbonyl (C=O) groups is 1. The first-order valence-electron chi connectivity index (χ1n) is 11.2. The highest BCUT2D eigenvalue weighted by Crippen LogP contribution is 2.27. The van der Waals surface area contributed by atoms with E-state index < -0.39 is 4.92 Å².